The van der Waals surface area contributed by atoms with Gasteiger partial charge in [0.05, 0.1) is 19.3 Å². The molecule has 0 aromatic carbocycles. The molecule has 1 aliphatic rings. The van der Waals surface area contributed by atoms with E-state index in [0.29, 0.717) is 12.2 Å². The number of aromatic nitrogens is 2. The van der Waals surface area contributed by atoms with Crippen LogP contribution in [0.3, 0.4) is 0 Å². The number of hydrogen-bond donors (Lipinski definition) is 3. The predicted octanol–water partition coefficient (Wildman–Crippen LogP) is 0.755. The molecule has 1 aliphatic carbocycles. The molecule has 106 valence electrons. The first-order valence-electron chi connectivity index (χ1n) is 6.79. The van der Waals surface area contributed by atoms with Gasteiger partial charge in [-0.15, -0.1) is 0 Å². The molecule has 3 N–H and O–H groups in total. The number of hydrogen-bond acceptors (Lipinski definition) is 4. The molecule has 2 rings (SSSR count). The van der Waals surface area contributed by atoms with Crippen LogP contribution in [-0.4, -0.2) is 38.6 Å². The Labute approximate surface area is 112 Å². The molecule has 0 radical (unpaired) electrons. The molecule has 1 heterocycles. The Morgan fingerprint density at radius 2 is 2.37 bits per heavy atom. The maximum atomic E-state index is 11.7. The summed E-state index contributed by atoms with van der Waals surface area (Å²) >= 11 is 0. The second-order valence-corrected chi connectivity index (χ2v) is 5.14. The van der Waals surface area contributed by atoms with Crippen molar-refractivity contribution in [3.8, 4) is 0 Å². The zero-order valence-electron chi connectivity index (χ0n) is 11.0. The highest BCUT2D eigenvalue weighted by Gasteiger charge is 2.18. The number of amides is 1. The summed E-state index contributed by atoms with van der Waals surface area (Å²) < 4.78 is 1.50. The van der Waals surface area contributed by atoms with E-state index in [1.807, 2.05) is 0 Å². The number of aliphatic hydroxyl groups excluding tert-OH is 2. The molecule has 1 atom stereocenters. The van der Waals surface area contributed by atoms with Crippen LogP contribution in [0.1, 0.15) is 32.1 Å². The van der Waals surface area contributed by atoms with Crippen LogP contribution in [0.4, 0.5) is 5.82 Å². The summed E-state index contributed by atoms with van der Waals surface area (Å²) in [6, 6.07) is 1.69. The molecule has 6 nitrogen and oxygen atoms in total. The Morgan fingerprint density at radius 3 is 3.00 bits per heavy atom. The Balaban J connectivity index is 1.73. The van der Waals surface area contributed by atoms with E-state index in [1.165, 1.54) is 23.9 Å². The van der Waals surface area contributed by atoms with Crippen LogP contribution in [0.5, 0.6) is 0 Å². The molecule has 0 unspecified atom stereocenters. The second-order valence-electron chi connectivity index (χ2n) is 5.14. The fourth-order valence-electron chi connectivity index (χ4n) is 2.13. The van der Waals surface area contributed by atoms with Gasteiger partial charge in [0, 0.05) is 18.7 Å². The summed E-state index contributed by atoms with van der Waals surface area (Å²) in [6.45, 7) is -0.0859. The normalized spacial score (nSPS) is 16.9. The summed E-state index contributed by atoms with van der Waals surface area (Å²) in [4.78, 5) is 11.7. The number of nitrogens with one attached hydrogen (secondary N) is 1. The van der Waals surface area contributed by atoms with Crippen LogP contribution < -0.4 is 5.32 Å². The van der Waals surface area contributed by atoms with Crippen molar-refractivity contribution in [2.75, 3.05) is 11.9 Å². The van der Waals surface area contributed by atoms with Gasteiger partial charge in [-0.2, -0.15) is 5.10 Å². The zero-order chi connectivity index (χ0) is 13.7. The van der Waals surface area contributed by atoms with Crippen LogP contribution in [0, 0.1) is 5.92 Å². The van der Waals surface area contributed by atoms with E-state index >= 15 is 0 Å². The highest BCUT2D eigenvalue weighted by atomic mass is 16.3. The monoisotopic (exact) mass is 267 g/mol. The van der Waals surface area contributed by atoms with Crippen molar-refractivity contribution in [3.63, 3.8) is 0 Å². The molecule has 1 amide bonds. The Morgan fingerprint density at radius 1 is 1.58 bits per heavy atom. The molecule has 0 saturated heterocycles. The Bertz CT molecular complexity index is 415. The van der Waals surface area contributed by atoms with Gasteiger partial charge in [-0.05, 0) is 12.3 Å². The van der Waals surface area contributed by atoms with Gasteiger partial charge in [0.2, 0.25) is 5.91 Å². The first-order chi connectivity index (χ1) is 9.17. The minimum absolute atomic E-state index is 0.0140. The van der Waals surface area contributed by atoms with Gasteiger partial charge in [0.25, 0.3) is 0 Å². The molecule has 6 heteroatoms. The van der Waals surface area contributed by atoms with Crippen LogP contribution in [0.25, 0.3) is 0 Å². The van der Waals surface area contributed by atoms with Gasteiger partial charge in [-0.3, -0.25) is 9.48 Å². The highest BCUT2D eigenvalue weighted by Crippen LogP contribution is 2.30. The van der Waals surface area contributed by atoms with E-state index in [4.69, 9.17) is 5.11 Å². The lowest BCUT2D eigenvalue weighted by Crippen LogP contribution is -2.20. The number of carbonyl (C=O) groups excluding carboxylic acids is 1. The molecule has 19 heavy (non-hydrogen) atoms. The van der Waals surface area contributed by atoms with Crippen LogP contribution in [0.15, 0.2) is 12.3 Å². The van der Waals surface area contributed by atoms with Crippen LogP contribution in [0.2, 0.25) is 0 Å². The van der Waals surface area contributed by atoms with E-state index in [1.54, 1.807) is 12.3 Å². The fourth-order valence-corrected chi connectivity index (χ4v) is 2.13. The third-order valence-corrected chi connectivity index (χ3v) is 3.52. The molecule has 1 aromatic rings. The van der Waals surface area contributed by atoms with Crippen molar-refractivity contribution >= 4 is 11.7 Å². The zero-order valence-corrected chi connectivity index (χ0v) is 11.0. The lowest BCUT2D eigenvalue weighted by molar-refractivity contribution is -0.116. The number of anilines is 1. The molecule has 0 aliphatic heterocycles. The van der Waals surface area contributed by atoms with E-state index < -0.39 is 6.10 Å². The first-order valence-corrected chi connectivity index (χ1v) is 6.79. The lowest BCUT2D eigenvalue weighted by atomic mass is 9.82. The standard InChI is InChI=1S/C13H21N3O3/c17-9-11(18)8-16-7-6-12(15-16)14-13(19)5-4-10-2-1-3-10/h6-7,10-11,17-18H,1-5,8-9H2,(H,14,15,19)/t11-/m1/s1. The van der Waals surface area contributed by atoms with Gasteiger partial charge in [-0.25, -0.2) is 0 Å². The summed E-state index contributed by atoms with van der Waals surface area (Å²) in [5.74, 6) is 1.20. The minimum Gasteiger partial charge on any atom is -0.394 e. The van der Waals surface area contributed by atoms with Crippen molar-refractivity contribution in [2.24, 2.45) is 5.92 Å². The van der Waals surface area contributed by atoms with Crippen molar-refractivity contribution in [1.82, 2.24) is 9.78 Å². The van der Waals surface area contributed by atoms with E-state index in [2.05, 4.69) is 10.4 Å². The average molecular weight is 267 g/mol. The van der Waals surface area contributed by atoms with Gasteiger partial charge >= 0.3 is 0 Å². The van der Waals surface area contributed by atoms with Crippen LogP contribution in [-0.2, 0) is 11.3 Å². The van der Waals surface area contributed by atoms with E-state index in [-0.39, 0.29) is 19.1 Å². The fraction of sp³-hybridized carbons (Fsp3) is 0.692. The second kappa shape index (κ2) is 6.68. The molecule has 0 bridgehead atoms. The molecule has 1 saturated carbocycles. The summed E-state index contributed by atoms with van der Waals surface area (Å²) in [5, 5.41) is 24.9. The van der Waals surface area contributed by atoms with Gasteiger partial charge in [0.15, 0.2) is 5.82 Å². The number of carbonyl (C=O) groups is 1. The Kier molecular flexibility index (Phi) is 4.93. The number of rotatable bonds is 7. The summed E-state index contributed by atoms with van der Waals surface area (Å²) in [6.07, 6.45) is 6.13. The average Bonchev–Trinajstić information content (AvgIpc) is 2.74. The number of nitrogens with zero attached hydrogens (tertiary/aromatic N) is 2. The summed E-state index contributed by atoms with van der Waals surface area (Å²) in [7, 11) is 0. The van der Waals surface area contributed by atoms with Gasteiger partial charge in [-0.1, -0.05) is 19.3 Å². The number of aliphatic hydroxyl groups is 2. The summed E-state index contributed by atoms with van der Waals surface area (Å²) in [5.41, 5.74) is 0. The molecule has 1 fully saturated rings. The molecular weight excluding hydrogens is 246 g/mol. The van der Waals surface area contributed by atoms with Crippen molar-refractivity contribution in [3.05, 3.63) is 12.3 Å². The van der Waals surface area contributed by atoms with Gasteiger partial charge < -0.3 is 15.5 Å². The van der Waals surface area contributed by atoms with Crippen molar-refractivity contribution in [1.29, 1.82) is 0 Å². The van der Waals surface area contributed by atoms with E-state index in [9.17, 15) is 9.90 Å². The van der Waals surface area contributed by atoms with Gasteiger partial charge in [0.1, 0.15) is 0 Å². The minimum atomic E-state index is -0.831. The maximum Gasteiger partial charge on any atom is 0.225 e. The third-order valence-electron chi connectivity index (χ3n) is 3.52. The lowest BCUT2D eigenvalue weighted by Gasteiger charge is -2.24. The van der Waals surface area contributed by atoms with Crippen LogP contribution >= 0.6 is 0 Å². The third kappa shape index (κ3) is 4.33. The quantitative estimate of drug-likeness (QED) is 0.680. The topological polar surface area (TPSA) is 87.4 Å². The van der Waals surface area contributed by atoms with Crippen molar-refractivity contribution in [2.45, 2.75) is 44.8 Å². The SMILES string of the molecule is O=C(CCC1CCC1)Nc1ccn(C[C@@H](O)CO)n1. The largest absolute Gasteiger partial charge is 0.394 e. The molecule has 1 aromatic heterocycles. The highest BCUT2D eigenvalue weighted by molar-refractivity contribution is 5.89. The van der Waals surface area contributed by atoms with E-state index in [0.717, 1.165) is 12.3 Å². The first kappa shape index (κ1) is 14.0. The molecular formula is C13H21N3O3. The molecule has 0 spiro atoms. The smallest absolute Gasteiger partial charge is 0.225 e. The maximum absolute atomic E-state index is 11.7. The Hall–Kier alpha value is -1.40. The predicted molar refractivity (Wildman–Crippen MR) is 70.5 cm³/mol. The van der Waals surface area contributed by atoms with Crippen molar-refractivity contribution < 1.29 is 15.0 Å².